The summed E-state index contributed by atoms with van der Waals surface area (Å²) in [4.78, 5) is 22.7. The first-order valence-corrected chi connectivity index (χ1v) is 5.40. The molecule has 0 aromatic heterocycles. The second-order valence-electron chi connectivity index (χ2n) is 3.92. The molecule has 0 saturated heterocycles. The van der Waals surface area contributed by atoms with E-state index in [-0.39, 0.29) is 12.7 Å². The zero-order valence-electron chi connectivity index (χ0n) is 10.5. The molecule has 5 nitrogen and oxygen atoms in total. The third kappa shape index (κ3) is 5.00. The topological polar surface area (TPSA) is 61.8 Å². The van der Waals surface area contributed by atoms with Crippen LogP contribution in [0.5, 0.6) is 0 Å². The van der Waals surface area contributed by atoms with E-state index in [1.807, 2.05) is 6.92 Å². The van der Waals surface area contributed by atoms with E-state index in [2.05, 4.69) is 4.74 Å². The highest BCUT2D eigenvalue weighted by Gasteiger charge is 2.35. The minimum absolute atomic E-state index is 0.197. The molecule has 0 heterocycles. The maximum atomic E-state index is 11.6. The fraction of sp³-hybridized carbons (Fsp3) is 0.818. The maximum Gasteiger partial charge on any atom is 0.509 e. The van der Waals surface area contributed by atoms with Gasteiger partial charge in [-0.15, -0.1) is 0 Å². The Labute approximate surface area is 96.1 Å². The van der Waals surface area contributed by atoms with Gasteiger partial charge in [0.25, 0.3) is 0 Å². The number of ether oxygens (including phenoxy) is 3. The van der Waals surface area contributed by atoms with Crippen LogP contribution in [0, 0.1) is 0 Å². The average Bonchev–Trinajstić information content (AvgIpc) is 2.16. The largest absolute Gasteiger partial charge is 0.509 e. The van der Waals surface area contributed by atoms with E-state index in [4.69, 9.17) is 9.47 Å². The van der Waals surface area contributed by atoms with Crippen molar-refractivity contribution in [3.05, 3.63) is 0 Å². The Bertz CT molecular complexity index is 247. The van der Waals surface area contributed by atoms with Crippen LogP contribution in [0.25, 0.3) is 0 Å². The summed E-state index contributed by atoms with van der Waals surface area (Å²) < 4.78 is 14.5. The van der Waals surface area contributed by atoms with E-state index in [1.54, 1.807) is 13.8 Å². The second-order valence-corrected chi connectivity index (χ2v) is 3.92. The Hall–Kier alpha value is -1.26. The number of carbonyl (C=O) groups excluding carboxylic acids is 2. The summed E-state index contributed by atoms with van der Waals surface area (Å²) in [6.45, 7) is 8.47. The highest BCUT2D eigenvalue weighted by atomic mass is 16.7. The molecular formula is C11H20O5. The first-order chi connectivity index (χ1) is 7.33. The lowest BCUT2D eigenvalue weighted by Crippen LogP contribution is -2.40. The fourth-order valence-corrected chi connectivity index (χ4v) is 0.805. The van der Waals surface area contributed by atoms with Gasteiger partial charge in [-0.05, 0) is 34.1 Å². The molecular weight excluding hydrogens is 212 g/mol. The monoisotopic (exact) mass is 232 g/mol. The molecule has 0 aliphatic heterocycles. The molecule has 0 aliphatic carbocycles. The van der Waals surface area contributed by atoms with E-state index in [1.165, 1.54) is 13.8 Å². The lowest BCUT2D eigenvalue weighted by Gasteiger charge is -2.24. The summed E-state index contributed by atoms with van der Waals surface area (Å²) in [5.74, 6) is -0.574. The van der Waals surface area contributed by atoms with Gasteiger partial charge in [0.2, 0.25) is 5.60 Å². The summed E-state index contributed by atoms with van der Waals surface area (Å²) in [6.07, 6.45) is -0.354. The van der Waals surface area contributed by atoms with Crippen molar-refractivity contribution >= 4 is 12.1 Å². The number of carbonyl (C=O) groups is 2. The highest BCUT2D eigenvalue weighted by molar-refractivity contribution is 5.81. The van der Waals surface area contributed by atoms with E-state index in [0.717, 1.165) is 0 Å². The fourth-order valence-electron chi connectivity index (χ4n) is 0.805. The molecule has 0 fully saturated rings. The van der Waals surface area contributed by atoms with E-state index in [9.17, 15) is 9.59 Å². The van der Waals surface area contributed by atoms with Crippen LogP contribution in [-0.4, -0.2) is 30.4 Å². The molecule has 94 valence electrons. The van der Waals surface area contributed by atoms with Gasteiger partial charge in [-0.25, -0.2) is 9.59 Å². The molecule has 0 bridgehead atoms. The molecule has 0 N–H and O–H groups in total. The zero-order valence-corrected chi connectivity index (χ0v) is 10.5. The van der Waals surface area contributed by atoms with Crippen LogP contribution in [0.2, 0.25) is 0 Å². The molecule has 0 spiro atoms. The van der Waals surface area contributed by atoms with Crippen molar-refractivity contribution in [1.29, 1.82) is 0 Å². The first kappa shape index (κ1) is 14.7. The Kier molecular flexibility index (Phi) is 5.85. The van der Waals surface area contributed by atoms with Crippen molar-refractivity contribution < 1.29 is 23.8 Å². The average molecular weight is 232 g/mol. The molecule has 0 aromatic carbocycles. The molecule has 0 rings (SSSR count). The molecule has 16 heavy (non-hydrogen) atoms. The van der Waals surface area contributed by atoms with E-state index < -0.39 is 17.7 Å². The van der Waals surface area contributed by atoms with Crippen molar-refractivity contribution in [3.63, 3.8) is 0 Å². The number of rotatable bonds is 5. The SMILES string of the molecule is CCOC(=O)OC(C)(C)C(=O)OC(C)CC. The van der Waals surface area contributed by atoms with Gasteiger partial charge in [0.05, 0.1) is 12.7 Å². The zero-order chi connectivity index (χ0) is 12.8. The van der Waals surface area contributed by atoms with Crippen LogP contribution in [0.1, 0.15) is 41.0 Å². The van der Waals surface area contributed by atoms with Gasteiger partial charge in [0.15, 0.2) is 0 Å². The first-order valence-electron chi connectivity index (χ1n) is 5.40. The van der Waals surface area contributed by atoms with Gasteiger partial charge in [-0.1, -0.05) is 6.92 Å². The standard InChI is InChI=1S/C11H20O5/c1-6-8(3)15-9(12)11(4,5)16-10(13)14-7-2/h8H,6-7H2,1-5H3. The van der Waals surface area contributed by atoms with Crippen LogP contribution in [0.15, 0.2) is 0 Å². The molecule has 5 heteroatoms. The third-order valence-electron chi connectivity index (χ3n) is 1.98. The minimum atomic E-state index is -1.32. The Morgan fingerprint density at radius 1 is 1.25 bits per heavy atom. The van der Waals surface area contributed by atoms with Crippen molar-refractivity contribution in [2.24, 2.45) is 0 Å². The van der Waals surface area contributed by atoms with Crippen LogP contribution in [0.3, 0.4) is 0 Å². The predicted octanol–water partition coefficient (Wildman–Crippen LogP) is 2.28. The van der Waals surface area contributed by atoms with Gasteiger partial charge < -0.3 is 14.2 Å². The Morgan fingerprint density at radius 3 is 2.25 bits per heavy atom. The van der Waals surface area contributed by atoms with Crippen LogP contribution < -0.4 is 0 Å². The minimum Gasteiger partial charge on any atom is -0.460 e. The summed E-state index contributed by atoms with van der Waals surface area (Å²) in [5, 5.41) is 0. The maximum absolute atomic E-state index is 11.6. The van der Waals surface area contributed by atoms with Gasteiger partial charge in [-0.2, -0.15) is 0 Å². The molecule has 1 atom stereocenters. The Balaban J connectivity index is 4.30. The van der Waals surface area contributed by atoms with Crippen molar-refractivity contribution in [2.45, 2.75) is 52.7 Å². The molecule has 0 saturated carbocycles. The molecule has 0 aromatic rings. The smallest absolute Gasteiger partial charge is 0.460 e. The highest BCUT2D eigenvalue weighted by Crippen LogP contribution is 2.14. The van der Waals surface area contributed by atoms with Crippen LogP contribution >= 0.6 is 0 Å². The summed E-state index contributed by atoms with van der Waals surface area (Å²) >= 11 is 0. The Morgan fingerprint density at radius 2 is 1.81 bits per heavy atom. The quantitative estimate of drug-likeness (QED) is 0.680. The molecule has 0 aliphatic rings. The summed E-state index contributed by atoms with van der Waals surface area (Å²) in [7, 11) is 0. The van der Waals surface area contributed by atoms with E-state index in [0.29, 0.717) is 6.42 Å². The lowest BCUT2D eigenvalue weighted by atomic mass is 10.1. The van der Waals surface area contributed by atoms with Gasteiger partial charge in [-0.3, -0.25) is 0 Å². The van der Waals surface area contributed by atoms with Crippen LogP contribution in [0.4, 0.5) is 4.79 Å². The molecule has 0 amide bonds. The normalized spacial score (nSPS) is 12.8. The third-order valence-corrected chi connectivity index (χ3v) is 1.98. The second kappa shape index (κ2) is 6.35. The van der Waals surface area contributed by atoms with E-state index >= 15 is 0 Å². The van der Waals surface area contributed by atoms with Crippen molar-refractivity contribution in [2.75, 3.05) is 6.61 Å². The van der Waals surface area contributed by atoms with Crippen LogP contribution in [-0.2, 0) is 19.0 Å². The van der Waals surface area contributed by atoms with Crippen molar-refractivity contribution in [3.8, 4) is 0 Å². The number of hydrogen-bond acceptors (Lipinski definition) is 5. The summed E-state index contributed by atoms with van der Waals surface area (Å²) in [5.41, 5.74) is -1.32. The lowest BCUT2D eigenvalue weighted by molar-refractivity contribution is -0.169. The van der Waals surface area contributed by atoms with Gasteiger partial charge in [0, 0.05) is 0 Å². The van der Waals surface area contributed by atoms with Gasteiger partial charge >= 0.3 is 12.1 Å². The van der Waals surface area contributed by atoms with Gasteiger partial charge in [0.1, 0.15) is 0 Å². The predicted molar refractivity (Wildman–Crippen MR) is 58.0 cm³/mol. The number of hydrogen-bond donors (Lipinski definition) is 0. The number of esters is 1. The molecule has 0 radical (unpaired) electrons. The summed E-state index contributed by atoms with van der Waals surface area (Å²) in [6, 6.07) is 0. The molecule has 1 unspecified atom stereocenters. The van der Waals surface area contributed by atoms with Crippen molar-refractivity contribution in [1.82, 2.24) is 0 Å².